The van der Waals surface area contributed by atoms with E-state index in [-0.39, 0.29) is 11.9 Å². The van der Waals surface area contributed by atoms with Gasteiger partial charge in [0.15, 0.2) is 0 Å². The smallest absolute Gasteiger partial charge is 0.237 e. The Morgan fingerprint density at radius 2 is 2.08 bits per heavy atom. The van der Waals surface area contributed by atoms with Crippen LogP contribution in [0.2, 0.25) is 0 Å². The van der Waals surface area contributed by atoms with E-state index in [1.54, 1.807) is 0 Å². The summed E-state index contributed by atoms with van der Waals surface area (Å²) >= 11 is 0. The number of hydrogen-bond acceptors (Lipinski definition) is 2. The third kappa shape index (κ3) is 2.44. The van der Waals surface area contributed by atoms with Crippen LogP contribution in [0, 0.1) is 5.92 Å². The van der Waals surface area contributed by atoms with Crippen molar-refractivity contribution in [2.24, 2.45) is 5.92 Å². The Morgan fingerprint density at radius 3 is 2.54 bits per heavy atom. The van der Waals surface area contributed by atoms with Crippen molar-refractivity contribution in [1.29, 1.82) is 0 Å². The highest BCUT2D eigenvalue weighted by Gasteiger charge is 2.35. The van der Waals surface area contributed by atoms with Gasteiger partial charge in [-0.1, -0.05) is 6.92 Å². The topological polar surface area (TPSA) is 41.1 Å². The first-order chi connectivity index (χ1) is 6.16. The van der Waals surface area contributed by atoms with Crippen LogP contribution in [0.1, 0.15) is 33.1 Å². The number of carbonyl (C=O) groups is 1. The first kappa shape index (κ1) is 9.00. The lowest BCUT2D eigenvalue weighted by Crippen LogP contribution is -2.44. The summed E-state index contributed by atoms with van der Waals surface area (Å²) in [4.78, 5) is 11.5. The van der Waals surface area contributed by atoms with Gasteiger partial charge in [-0.05, 0) is 32.1 Å². The predicted molar refractivity (Wildman–Crippen MR) is 51.3 cm³/mol. The molecule has 1 amide bonds. The van der Waals surface area contributed by atoms with Gasteiger partial charge in [-0.3, -0.25) is 4.79 Å². The lowest BCUT2D eigenvalue weighted by Gasteiger charge is -2.13. The van der Waals surface area contributed by atoms with E-state index in [1.165, 1.54) is 6.42 Å². The largest absolute Gasteiger partial charge is 0.352 e. The van der Waals surface area contributed by atoms with Crippen molar-refractivity contribution in [2.75, 3.05) is 0 Å². The second-order valence-electron chi connectivity index (χ2n) is 4.49. The SMILES string of the molecule is CC(NC1CC1C)C(=O)NC1CC1. The third-order valence-corrected chi connectivity index (χ3v) is 2.89. The summed E-state index contributed by atoms with van der Waals surface area (Å²) in [5.41, 5.74) is 0. The van der Waals surface area contributed by atoms with Gasteiger partial charge in [0.1, 0.15) is 0 Å². The summed E-state index contributed by atoms with van der Waals surface area (Å²) in [5, 5.41) is 6.32. The molecule has 13 heavy (non-hydrogen) atoms. The molecule has 2 aliphatic rings. The molecule has 74 valence electrons. The van der Waals surface area contributed by atoms with Crippen LogP contribution in [0.4, 0.5) is 0 Å². The van der Waals surface area contributed by atoms with Crippen molar-refractivity contribution in [3.63, 3.8) is 0 Å². The van der Waals surface area contributed by atoms with Crippen LogP contribution in [-0.4, -0.2) is 24.0 Å². The molecule has 2 aliphatic carbocycles. The van der Waals surface area contributed by atoms with Gasteiger partial charge in [-0.25, -0.2) is 0 Å². The molecule has 0 aromatic rings. The van der Waals surface area contributed by atoms with Crippen LogP contribution in [0.3, 0.4) is 0 Å². The van der Waals surface area contributed by atoms with E-state index >= 15 is 0 Å². The fourth-order valence-electron chi connectivity index (χ4n) is 1.50. The second kappa shape index (κ2) is 3.29. The van der Waals surface area contributed by atoms with Crippen molar-refractivity contribution in [3.05, 3.63) is 0 Å². The van der Waals surface area contributed by atoms with Gasteiger partial charge in [-0.2, -0.15) is 0 Å². The Morgan fingerprint density at radius 1 is 1.46 bits per heavy atom. The first-order valence-corrected chi connectivity index (χ1v) is 5.23. The molecule has 2 rings (SSSR count). The number of hydrogen-bond donors (Lipinski definition) is 2. The summed E-state index contributed by atoms with van der Waals surface area (Å²) in [6.07, 6.45) is 3.55. The summed E-state index contributed by atoms with van der Waals surface area (Å²) in [6.45, 7) is 4.16. The molecule has 3 nitrogen and oxygen atoms in total. The molecule has 0 heterocycles. The average molecular weight is 182 g/mol. The molecule has 0 aromatic carbocycles. The van der Waals surface area contributed by atoms with Gasteiger partial charge in [0.05, 0.1) is 6.04 Å². The monoisotopic (exact) mass is 182 g/mol. The van der Waals surface area contributed by atoms with E-state index < -0.39 is 0 Å². The molecule has 0 spiro atoms. The van der Waals surface area contributed by atoms with Gasteiger partial charge in [0.2, 0.25) is 5.91 Å². The highest BCUT2D eigenvalue weighted by atomic mass is 16.2. The summed E-state index contributed by atoms with van der Waals surface area (Å²) in [7, 11) is 0. The van der Waals surface area contributed by atoms with Crippen LogP contribution in [-0.2, 0) is 4.79 Å². The van der Waals surface area contributed by atoms with E-state index in [4.69, 9.17) is 0 Å². The molecule has 3 atom stereocenters. The molecule has 0 saturated heterocycles. The highest BCUT2D eigenvalue weighted by Crippen LogP contribution is 2.29. The fraction of sp³-hybridized carbons (Fsp3) is 0.900. The van der Waals surface area contributed by atoms with E-state index in [2.05, 4.69) is 17.6 Å². The van der Waals surface area contributed by atoms with Crippen LogP contribution >= 0.6 is 0 Å². The van der Waals surface area contributed by atoms with Crippen LogP contribution in [0.25, 0.3) is 0 Å². The number of carbonyl (C=O) groups excluding carboxylic acids is 1. The highest BCUT2D eigenvalue weighted by molar-refractivity contribution is 5.81. The van der Waals surface area contributed by atoms with Crippen molar-refractivity contribution < 1.29 is 4.79 Å². The molecule has 0 aromatic heterocycles. The maximum Gasteiger partial charge on any atom is 0.237 e. The van der Waals surface area contributed by atoms with Crippen LogP contribution in [0.5, 0.6) is 0 Å². The minimum Gasteiger partial charge on any atom is -0.352 e. The summed E-state index contributed by atoms with van der Waals surface area (Å²) in [5.74, 6) is 0.928. The van der Waals surface area contributed by atoms with Crippen molar-refractivity contribution >= 4 is 5.91 Å². The minimum atomic E-state index is -0.0180. The Kier molecular flexibility index (Phi) is 2.28. The Labute approximate surface area is 79.3 Å². The summed E-state index contributed by atoms with van der Waals surface area (Å²) in [6, 6.07) is 1.05. The molecule has 0 bridgehead atoms. The molecular weight excluding hydrogens is 164 g/mol. The van der Waals surface area contributed by atoms with E-state index in [1.807, 2.05) is 6.92 Å². The van der Waals surface area contributed by atoms with Gasteiger partial charge in [0.25, 0.3) is 0 Å². The van der Waals surface area contributed by atoms with Gasteiger partial charge in [0, 0.05) is 12.1 Å². The van der Waals surface area contributed by atoms with Gasteiger partial charge in [-0.15, -0.1) is 0 Å². The van der Waals surface area contributed by atoms with Crippen molar-refractivity contribution in [1.82, 2.24) is 10.6 Å². The van der Waals surface area contributed by atoms with Gasteiger partial charge >= 0.3 is 0 Å². The molecule has 0 aliphatic heterocycles. The maximum absolute atomic E-state index is 11.5. The normalized spacial score (nSPS) is 34.0. The van der Waals surface area contributed by atoms with E-state index in [0.29, 0.717) is 12.1 Å². The molecular formula is C10H18N2O. The minimum absolute atomic E-state index is 0.0180. The summed E-state index contributed by atoms with van der Waals surface area (Å²) < 4.78 is 0. The Hall–Kier alpha value is -0.570. The molecule has 3 heteroatoms. The van der Waals surface area contributed by atoms with E-state index in [9.17, 15) is 4.79 Å². The first-order valence-electron chi connectivity index (χ1n) is 5.23. The molecule has 2 N–H and O–H groups in total. The fourth-order valence-corrected chi connectivity index (χ4v) is 1.50. The molecule has 3 unspecified atom stereocenters. The quantitative estimate of drug-likeness (QED) is 0.670. The van der Waals surface area contributed by atoms with Gasteiger partial charge < -0.3 is 10.6 Å². The van der Waals surface area contributed by atoms with Crippen molar-refractivity contribution in [3.8, 4) is 0 Å². The Bertz CT molecular complexity index is 213. The molecule has 0 radical (unpaired) electrons. The van der Waals surface area contributed by atoms with Crippen LogP contribution in [0.15, 0.2) is 0 Å². The second-order valence-corrected chi connectivity index (χ2v) is 4.49. The average Bonchev–Trinajstić information content (AvgIpc) is 2.93. The van der Waals surface area contributed by atoms with Crippen LogP contribution < -0.4 is 10.6 Å². The van der Waals surface area contributed by atoms with E-state index in [0.717, 1.165) is 18.8 Å². The standard InChI is InChI=1S/C10H18N2O/c1-6-5-9(6)11-7(2)10(13)12-8-3-4-8/h6-9,11H,3-5H2,1-2H3,(H,12,13). The number of rotatable bonds is 4. The molecule has 2 saturated carbocycles. The Balaban J connectivity index is 1.68. The number of nitrogens with one attached hydrogen (secondary N) is 2. The predicted octanol–water partition coefficient (Wildman–Crippen LogP) is 0.651. The zero-order chi connectivity index (χ0) is 9.42. The van der Waals surface area contributed by atoms with Crippen molar-refractivity contribution in [2.45, 2.75) is 51.2 Å². The lowest BCUT2D eigenvalue weighted by atomic mass is 10.3. The maximum atomic E-state index is 11.5. The molecule has 2 fully saturated rings. The number of amides is 1. The zero-order valence-electron chi connectivity index (χ0n) is 8.34. The zero-order valence-corrected chi connectivity index (χ0v) is 8.34. The third-order valence-electron chi connectivity index (χ3n) is 2.89. The lowest BCUT2D eigenvalue weighted by molar-refractivity contribution is -0.122.